The Kier molecular flexibility index (Phi) is 12.7. The Morgan fingerprint density at radius 2 is 1.79 bits per heavy atom. The van der Waals surface area contributed by atoms with Crippen molar-refractivity contribution >= 4 is 17.9 Å². The summed E-state index contributed by atoms with van der Waals surface area (Å²) < 4.78 is 9.68. The molecular formula is C17H33N3O3S. The normalized spacial score (nSPS) is 12.9. The average Bonchev–Trinajstić information content (AvgIpc) is 2.36. The fourth-order valence-electron chi connectivity index (χ4n) is 2.08. The lowest BCUT2D eigenvalue weighted by Gasteiger charge is -2.32. The molecule has 0 saturated carbocycles. The minimum Gasteiger partial charge on any atom is -0.379 e. The number of aromatic nitrogens is 2. The largest absolute Gasteiger partial charge is 0.379 e. The zero-order valence-corrected chi connectivity index (χ0v) is 16.9. The van der Waals surface area contributed by atoms with Gasteiger partial charge in [-0.05, 0) is 66.6 Å². The monoisotopic (exact) mass is 359 g/mol. The molecule has 1 N–H and O–H groups in total. The molecule has 0 aromatic carbocycles. The molecule has 6 nitrogen and oxygen atoms in total. The van der Waals surface area contributed by atoms with Crippen LogP contribution in [0.15, 0.2) is 17.1 Å². The molecule has 1 aromatic heterocycles. The van der Waals surface area contributed by atoms with E-state index in [9.17, 15) is 4.79 Å². The highest BCUT2D eigenvalue weighted by molar-refractivity contribution is 7.95. The number of rotatable bonds is 5. The van der Waals surface area contributed by atoms with Gasteiger partial charge >= 0.3 is 5.69 Å². The van der Waals surface area contributed by atoms with Crippen molar-refractivity contribution in [2.45, 2.75) is 66.7 Å². The van der Waals surface area contributed by atoms with Crippen LogP contribution in [-0.4, -0.2) is 47.1 Å². The molecule has 1 fully saturated rings. The zero-order chi connectivity index (χ0) is 18.5. The van der Waals surface area contributed by atoms with Gasteiger partial charge in [0.2, 0.25) is 0 Å². The van der Waals surface area contributed by atoms with Crippen LogP contribution in [-0.2, 0) is 8.92 Å². The fourth-order valence-corrected chi connectivity index (χ4v) is 2.25. The van der Waals surface area contributed by atoms with Gasteiger partial charge in [0.25, 0.3) is 0 Å². The first-order chi connectivity index (χ1) is 11.3. The average molecular weight is 360 g/mol. The van der Waals surface area contributed by atoms with Gasteiger partial charge in [-0.1, -0.05) is 0 Å². The maximum absolute atomic E-state index is 11.0. The number of H-pyrrole nitrogens is 1. The van der Waals surface area contributed by atoms with Crippen LogP contribution in [0, 0.1) is 0 Å². The maximum atomic E-state index is 11.0. The quantitative estimate of drug-likeness (QED) is 0.812. The third kappa shape index (κ3) is 10.7. The molecule has 0 radical (unpaired) electrons. The van der Waals surface area contributed by atoms with E-state index in [2.05, 4.69) is 46.7 Å². The van der Waals surface area contributed by atoms with Crippen LogP contribution in [0.5, 0.6) is 0 Å². The number of ether oxygens (including phenoxy) is 1. The summed E-state index contributed by atoms with van der Waals surface area (Å²) in [7, 11) is 0. The standard InChI is InChI=1S/C10H17N3O.C5H12O.C2H4OS/c1-7(2)13(8(3)4)9-5-6-11-10(14)12-9;1-4-6-5(2)3;1-2-4-3-1/h5-8H,1-4H3,(H,11,12,14);5H,4H2,1-3H3;1-2H2. The van der Waals surface area contributed by atoms with E-state index in [0.29, 0.717) is 18.2 Å². The summed E-state index contributed by atoms with van der Waals surface area (Å²) in [5.41, 5.74) is -0.297. The van der Waals surface area contributed by atoms with Crippen LogP contribution in [0.3, 0.4) is 0 Å². The number of hydrogen-bond donors (Lipinski definition) is 1. The molecule has 0 amide bonds. The van der Waals surface area contributed by atoms with Gasteiger partial charge in [0.1, 0.15) is 5.82 Å². The zero-order valence-electron chi connectivity index (χ0n) is 16.0. The molecule has 1 aliphatic rings. The number of aromatic amines is 1. The summed E-state index contributed by atoms with van der Waals surface area (Å²) in [6, 6.07) is 2.53. The van der Waals surface area contributed by atoms with E-state index < -0.39 is 0 Å². The van der Waals surface area contributed by atoms with E-state index in [4.69, 9.17) is 4.74 Å². The third-order valence-corrected chi connectivity index (χ3v) is 3.55. The number of nitrogens with zero attached hydrogens (tertiary/aromatic N) is 2. The van der Waals surface area contributed by atoms with Crippen LogP contribution < -0.4 is 10.6 Å². The van der Waals surface area contributed by atoms with E-state index in [1.54, 1.807) is 0 Å². The van der Waals surface area contributed by atoms with Crippen molar-refractivity contribution in [3.05, 3.63) is 22.7 Å². The summed E-state index contributed by atoms with van der Waals surface area (Å²) in [5, 5.41) is 0. The van der Waals surface area contributed by atoms with Crippen LogP contribution in [0.25, 0.3) is 0 Å². The van der Waals surface area contributed by atoms with Gasteiger partial charge in [-0.15, -0.1) is 0 Å². The highest BCUT2D eigenvalue weighted by Gasteiger charge is 2.14. The van der Waals surface area contributed by atoms with E-state index >= 15 is 0 Å². The molecule has 0 unspecified atom stereocenters. The minimum absolute atomic E-state index is 0.297. The molecule has 2 heterocycles. The van der Waals surface area contributed by atoms with Crippen molar-refractivity contribution in [1.82, 2.24) is 9.97 Å². The van der Waals surface area contributed by atoms with Crippen molar-refractivity contribution in [3.63, 3.8) is 0 Å². The van der Waals surface area contributed by atoms with Crippen LogP contribution in [0.1, 0.15) is 48.5 Å². The predicted octanol–water partition coefficient (Wildman–Crippen LogP) is 3.49. The first-order valence-electron chi connectivity index (χ1n) is 8.49. The summed E-state index contributed by atoms with van der Waals surface area (Å²) in [5.74, 6) is 2.02. The smallest absolute Gasteiger partial charge is 0.346 e. The highest BCUT2D eigenvalue weighted by Crippen LogP contribution is 2.14. The minimum atomic E-state index is -0.297. The predicted molar refractivity (Wildman–Crippen MR) is 103 cm³/mol. The van der Waals surface area contributed by atoms with Crippen LogP contribution in [0.2, 0.25) is 0 Å². The van der Waals surface area contributed by atoms with Gasteiger partial charge < -0.3 is 13.8 Å². The maximum Gasteiger partial charge on any atom is 0.346 e. The molecule has 2 rings (SSSR count). The Balaban J connectivity index is 0.000000432. The van der Waals surface area contributed by atoms with Crippen LogP contribution >= 0.6 is 12.0 Å². The number of hydrogen-bond acceptors (Lipinski definition) is 6. The van der Waals surface area contributed by atoms with Gasteiger partial charge in [-0.3, -0.25) is 4.98 Å². The van der Waals surface area contributed by atoms with Crippen molar-refractivity contribution in [3.8, 4) is 0 Å². The molecule has 1 aromatic rings. The first-order valence-corrected chi connectivity index (χ1v) is 9.40. The van der Waals surface area contributed by atoms with E-state index in [-0.39, 0.29) is 5.69 Å². The Bertz CT molecular complexity index is 462. The molecular weight excluding hydrogens is 326 g/mol. The lowest BCUT2D eigenvalue weighted by Crippen LogP contribution is -2.38. The molecule has 0 spiro atoms. The van der Waals surface area contributed by atoms with Gasteiger partial charge in [-0.25, -0.2) is 9.78 Å². The Hall–Kier alpha value is -1.05. The SMILES string of the molecule is C1CSO1.CC(C)N(c1ccnc(=O)[nH]1)C(C)C.CCOC(C)C. The van der Waals surface area contributed by atoms with Crippen molar-refractivity contribution in [2.75, 3.05) is 23.9 Å². The Morgan fingerprint density at radius 3 is 2.04 bits per heavy atom. The lowest BCUT2D eigenvalue weighted by atomic mass is 10.2. The van der Waals surface area contributed by atoms with Crippen molar-refractivity contribution < 1.29 is 8.92 Å². The Labute approximate surface area is 150 Å². The topological polar surface area (TPSA) is 67.5 Å². The van der Waals surface area contributed by atoms with Gasteiger partial charge in [0, 0.05) is 30.6 Å². The van der Waals surface area contributed by atoms with Crippen molar-refractivity contribution in [2.24, 2.45) is 0 Å². The second-order valence-corrected chi connectivity index (χ2v) is 6.88. The lowest BCUT2D eigenvalue weighted by molar-refractivity contribution is 0.0899. The Morgan fingerprint density at radius 1 is 1.29 bits per heavy atom. The summed E-state index contributed by atoms with van der Waals surface area (Å²) in [6.07, 6.45) is 1.93. The van der Waals surface area contributed by atoms with Gasteiger partial charge in [0.05, 0.1) is 12.7 Å². The van der Waals surface area contributed by atoms with Gasteiger partial charge in [-0.2, -0.15) is 0 Å². The number of nitrogens with one attached hydrogen (secondary N) is 1. The molecule has 1 aliphatic heterocycles. The molecule has 0 bridgehead atoms. The summed E-state index contributed by atoms with van der Waals surface area (Å²) in [6.45, 7) is 16.2. The highest BCUT2D eigenvalue weighted by atomic mass is 32.2. The molecule has 1 saturated heterocycles. The van der Waals surface area contributed by atoms with Crippen molar-refractivity contribution in [1.29, 1.82) is 0 Å². The second kappa shape index (κ2) is 13.3. The molecule has 24 heavy (non-hydrogen) atoms. The number of anilines is 1. The first kappa shape index (κ1) is 22.9. The molecule has 140 valence electrons. The van der Waals surface area contributed by atoms with Gasteiger partial charge in [0.15, 0.2) is 0 Å². The van der Waals surface area contributed by atoms with E-state index in [0.717, 1.165) is 19.0 Å². The summed E-state index contributed by atoms with van der Waals surface area (Å²) in [4.78, 5) is 19.5. The van der Waals surface area contributed by atoms with E-state index in [1.165, 1.54) is 24.0 Å². The molecule has 0 aliphatic carbocycles. The second-order valence-electron chi connectivity index (χ2n) is 6.00. The third-order valence-electron chi connectivity index (χ3n) is 2.88. The summed E-state index contributed by atoms with van der Waals surface area (Å²) >= 11 is 1.54. The molecule has 0 atom stereocenters. The van der Waals surface area contributed by atoms with E-state index in [1.807, 2.05) is 26.8 Å². The molecule has 7 heteroatoms. The fraction of sp³-hybridized carbons (Fsp3) is 0.765. The van der Waals surface area contributed by atoms with Crippen LogP contribution in [0.4, 0.5) is 5.82 Å².